The largest absolute Gasteiger partial charge is 0.478 e. The second-order valence-corrected chi connectivity index (χ2v) is 3.98. The van der Waals surface area contributed by atoms with E-state index in [2.05, 4.69) is 13.5 Å². The van der Waals surface area contributed by atoms with Crippen molar-refractivity contribution in [3.05, 3.63) is 12.2 Å². The monoisotopic (exact) mass is 198 g/mol. The summed E-state index contributed by atoms with van der Waals surface area (Å²) in [5, 5.41) is 8.63. The third-order valence-corrected chi connectivity index (χ3v) is 2.72. The van der Waals surface area contributed by atoms with E-state index >= 15 is 0 Å². The van der Waals surface area contributed by atoms with Crippen LogP contribution < -0.4 is 0 Å². The quantitative estimate of drug-likeness (QED) is 0.504. The first kappa shape index (κ1) is 11.2. The summed E-state index contributed by atoms with van der Waals surface area (Å²) in [5.74, 6) is -0.892. The van der Waals surface area contributed by atoms with Crippen molar-refractivity contribution in [3.63, 3.8) is 0 Å². The average Bonchev–Trinajstić information content (AvgIpc) is 2.92. The third kappa shape index (κ3) is 3.14. The van der Waals surface area contributed by atoms with Gasteiger partial charge in [-0.05, 0) is 19.3 Å². The number of unbranched alkanes of at least 4 members (excludes halogenated alkanes) is 1. The highest BCUT2D eigenvalue weighted by atomic mass is 16.6. The van der Waals surface area contributed by atoms with Gasteiger partial charge < -0.3 is 9.84 Å². The highest BCUT2D eigenvalue weighted by Crippen LogP contribution is 2.38. The van der Waals surface area contributed by atoms with Gasteiger partial charge in [0, 0.05) is 5.57 Å². The molecule has 0 bridgehead atoms. The van der Waals surface area contributed by atoms with Crippen molar-refractivity contribution in [2.75, 3.05) is 6.61 Å². The Hall–Kier alpha value is -0.830. The molecule has 1 saturated heterocycles. The molecule has 0 amide bonds. The summed E-state index contributed by atoms with van der Waals surface area (Å²) < 4.78 is 5.39. The molecule has 0 aromatic heterocycles. The SMILES string of the molecule is C=C(CCC1(CCCC)CO1)C(=O)O. The lowest BCUT2D eigenvalue weighted by Crippen LogP contribution is -2.12. The molecular weight excluding hydrogens is 180 g/mol. The fraction of sp³-hybridized carbons (Fsp3) is 0.727. The second kappa shape index (κ2) is 4.60. The minimum Gasteiger partial charge on any atom is -0.478 e. The third-order valence-electron chi connectivity index (χ3n) is 2.72. The van der Waals surface area contributed by atoms with Gasteiger partial charge in [0.25, 0.3) is 0 Å². The summed E-state index contributed by atoms with van der Waals surface area (Å²) >= 11 is 0. The van der Waals surface area contributed by atoms with E-state index in [1.807, 2.05) is 0 Å². The summed E-state index contributed by atoms with van der Waals surface area (Å²) in [7, 11) is 0. The summed E-state index contributed by atoms with van der Waals surface area (Å²) in [6, 6.07) is 0. The number of ether oxygens (including phenoxy) is 1. The summed E-state index contributed by atoms with van der Waals surface area (Å²) in [5.41, 5.74) is 0.283. The Kier molecular flexibility index (Phi) is 3.69. The fourth-order valence-electron chi connectivity index (χ4n) is 1.50. The van der Waals surface area contributed by atoms with Gasteiger partial charge in [0.05, 0.1) is 12.2 Å². The molecule has 1 rings (SSSR count). The number of epoxide rings is 1. The molecule has 80 valence electrons. The van der Waals surface area contributed by atoms with Crippen LogP contribution in [-0.2, 0) is 9.53 Å². The summed E-state index contributed by atoms with van der Waals surface area (Å²) in [6.45, 7) is 6.45. The fourth-order valence-corrected chi connectivity index (χ4v) is 1.50. The summed E-state index contributed by atoms with van der Waals surface area (Å²) in [4.78, 5) is 10.5. The molecule has 0 aromatic carbocycles. The predicted octanol–water partition coefficient (Wildman–Crippen LogP) is 2.37. The number of rotatable bonds is 7. The minimum atomic E-state index is -0.892. The van der Waals surface area contributed by atoms with Crippen LogP contribution >= 0.6 is 0 Å². The van der Waals surface area contributed by atoms with Crippen molar-refractivity contribution in [2.45, 2.75) is 44.6 Å². The van der Waals surface area contributed by atoms with E-state index in [0.29, 0.717) is 6.42 Å². The zero-order valence-corrected chi connectivity index (χ0v) is 8.71. The van der Waals surface area contributed by atoms with Gasteiger partial charge in [-0.1, -0.05) is 26.3 Å². The van der Waals surface area contributed by atoms with Crippen LogP contribution in [0, 0.1) is 0 Å². The van der Waals surface area contributed by atoms with Gasteiger partial charge in [0.15, 0.2) is 0 Å². The minimum absolute atomic E-state index is 0.00556. The molecule has 0 aliphatic carbocycles. The molecule has 1 heterocycles. The van der Waals surface area contributed by atoms with Crippen molar-refractivity contribution < 1.29 is 14.6 Å². The van der Waals surface area contributed by atoms with Crippen molar-refractivity contribution in [3.8, 4) is 0 Å². The Morgan fingerprint density at radius 1 is 1.57 bits per heavy atom. The first-order valence-electron chi connectivity index (χ1n) is 5.15. The van der Waals surface area contributed by atoms with E-state index < -0.39 is 5.97 Å². The molecule has 0 spiro atoms. The van der Waals surface area contributed by atoms with E-state index in [-0.39, 0.29) is 11.2 Å². The number of carboxylic acids is 1. The van der Waals surface area contributed by atoms with Crippen LogP contribution in [0.15, 0.2) is 12.2 Å². The smallest absolute Gasteiger partial charge is 0.330 e. The van der Waals surface area contributed by atoms with E-state index in [1.54, 1.807) is 0 Å². The van der Waals surface area contributed by atoms with Gasteiger partial charge in [-0.3, -0.25) is 0 Å². The molecule has 1 aliphatic heterocycles. The molecule has 1 fully saturated rings. The Balaban J connectivity index is 2.23. The molecule has 0 aromatic rings. The van der Waals surface area contributed by atoms with E-state index in [4.69, 9.17) is 9.84 Å². The van der Waals surface area contributed by atoms with Crippen molar-refractivity contribution in [1.82, 2.24) is 0 Å². The number of carbonyl (C=O) groups is 1. The van der Waals surface area contributed by atoms with Gasteiger partial charge in [-0.15, -0.1) is 0 Å². The van der Waals surface area contributed by atoms with Crippen molar-refractivity contribution in [1.29, 1.82) is 0 Å². The predicted molar refractivity (Wildman–Crippen MR) is 54.2 cm³/mol. The topological polar surface area (TPSA) is 49.8 Å². The molecule has 0 saturated carbocycles. The van der Waals surface area contributed by atoms with Crippen molar-refractivity contribution >= 4 is 5.97 Å². The lowest BCUT2D eigenvalue weighted by Gasteiger charge is -2.10. The maximum atomic E-state index is 10.5. The molecule has 3 heteroatoms. The van der Waals surface area contributed by atoms with Crippen LogP contribution in [0.3, 0.4) is 0 Å². The van der Waals surface area contributed by atoms with Crippen LogP contribution in [0.4, 0.5) is 0 Å². The van der Waals surface area contributed by atoms with Crippen LogP contribution in [-0.4, -0.2) is 23.3 Å². The highest BCUT2D eigenvalue weighted by molar-refractivity contribution is 5.85. The molecule has 3 nitrogen and oxygen atoms in total. The Bertz CT molecular complexity index is 229. The van der Waals surface area contributed by atoms with Crippen LogP contribution in [0.1, 0.15) is 39.0 Å². The number of hydrogen-bond donors (Lipinski definition) is 1. The molecule has 1 unspecified atom stereocenters. The van der Waals surface area contributed by atoms with Gasteiger partial charge in [0.2, 0.25) is 0 Å². The standard InChI is InChI=1S/C11H18O3/c1-3-4-6-11(8-14-11)7-5-9(2)10(12)13/h2-8H2,1H3,(H,12,13). The maximum Gasteiger partial charge on any atom is 0.330 e. The lowest BCUT2D eigenvalue weighted by molar-refractivity contribution is -0.132. The average molecular weight is 198 g/mol. The zero-order chi connectivity index (χ0) is 10.6. The number of aliphatic carboxylic acids is 1. The highest BCUT2D eigenvalue weighted by Gasteiger charge is 2.43. The molecule has 0 radical (unpaired) electrons. The first-order valence-corrected chi connectivity index (χ1v) is 5.15. The van der Waals surface area contributed by atoms with Gasteiger partial charge in [0.1, 0.15) is 0 Å². The maximum absolute atomic E-state index is 10.5. The second-order valence-electron chi connectivity index (χ2n) is 3.98. The molecule has 1 atom stereocenters. The molecule has 14 heavy (non-hydrogen) atoms. The van der Waals surface area contributed by atoms with Crippen LogP contribution in [0.2, 0.25) is 0 Å². The zero-order valence-electron chi connectivity index (χ0n) is 8.71. The molecular formula is C11H18O3. The van der Waals surface area contributed by atoms with E-state index in [9.17, 15) is 4.79 Å². The van der Waals surface area contributed by atoms with Crippen LogP contribution in [0.5, 0.6) is 0 Å². The number of carboxylic acid groups (broad SMARTS) is 1. The Labute approximate surface area is 84.8 Å². The van der Waals surface area contributed by atoms with Gasteiger partial charge in [-0.25, -0.2) is 4.79 Å². The lowest BCUT2D eigenvalue weighted by atomic mass is 9.95. The van der Waals surface area contributed by atoms with Gasteiger partial charge >= 0.3 is 5.97 Å². The number of hydrogen-bond acceptors (Lipinski definition) is 2. The van der Waals surface area contributed by atoms with Crippen molar-refractivity contribution in [2.24, 2.45) is 0 Å². The van der Waals surface area contributed by atoms with Gasteiger partial charge in [-0.2, -0.15) is 0 Å². The normalized spacial score (nSPS) is 24.6. The Morgan fingerprint density at radius 2 is 2.21 bits per heavy atom. The molecule has 1 N–H and O–H groups in total. The summed E-state index contributed by atoms with van der Waals surface area (Å²) in [6.07, 6.45) is 4.71. The van der Waals surface area contributed by atoms with E-state index in [0.717, 1.165) is 32.3 Å². The first-order chi connectivity index (χ1) is 6.59. The van der Waals surface area contributed by atoms with E-state index in [1.165, 1.54) is 0 Å². The molecule has 1 aliphatic rings. The Morgan fingerprint density at radius 3 is 2.64 bits per heavy atom. The van der Waals surface area contributed by atoms with Crippen LogP contribution in [0.25, 0.3) is 0 Å².